The Hall–Kier alpha value is -1.22. The average molecular weight is 360 g/mol. The molecule has 2 N–H and O–H groups in total. The number of nitrogens with one attached hydrogen (secondary N) is 1. The molecular formula is C13H18BrN3O4. The molecule has 0 aliphatic carbocycles. The lowest BCUT2D eigenvalue weighted by atomic mass is 10.3. The Morgan fingerprint density at radius 3 is 2.86 bits per heavy atom. The van der Waals surface area contributed by atoms with Crippen LogP contribution in [0.1, 0.15) is 0 Å². The van der Waals surface area contributed by atoms with Crippen LogP contribution in [0.25, 0.3) is 0 Å². The van der Waals surface area contributed by atoms with E-state index in [1.807, 2.05) is 0 Å². The number of piperazine rings is 1. The van der Waals surface area contributed by atoms with E-state index in [0.717, 1.165) is 26.2 Å². The molecule has 1 aromatic rings. The van der Waals surface area contributed by atoms with Crippen LogP contribution in [-0.2, 0) is 0 Å². The molecule has 21 heavy (non-hydrogen) atoms. The van der Waals surface area contributed by atoms with Gasteiger partial charge in [-0.1, -0.05) is 6.07 Å². The summed E-state index contributed by atoms with van der Waals surface area (Å²) in [6.07, 6.45) is -0.630. The maximum Gasteiger partial charge on any atom is 0.287 e. The van der Waals surface area contributed by atoms with Crippen molar-refractivity contribution in [2.24, 2.45) is 0 Å². The molecule has 1 aromatic carbocycles. The maximum absolute atomic E-state index is 10.8. The highest BCUT2D eigenvalue weighted by molar-refractivity contribution is 9.10. The average Bonchev–Trinajstić information content (AvgIpc) is 2.47. The number of ether oxygens (including phenoxy) is 1. The topological polar surface area (TPSA) is 87.9 Å². The smallest absolute Gasteiger partial charge is 0.287 e. The van der Waals surface area contributed by atoms with Gasteiger partial charge in [-0.25, -0.2) is 0 Å². The standard InChI is InChI=1S/C13H18BrN3O4/c14-13-11(17(19)20)2-1-3-12(13)21-9-10(18)8-16-6-4-15-5-7-16/h1-3,10,15,18H,4-9H2. The number of aliphatic hydroxyl groups excluding tert-OH is 1. The number of β-amino-alcohol motifs (C(OH)–C–C–N with tert-alkyl or cyclic N) is 1. The van der Waals surface area contributed by atoms with Crippen LogP contribution in [0.5, 0.6) is 5.75 Å². The van der Waals surface area contributed by atoms with Crippen LogP contribution in [-0.4, -0.2) is 60.4 Å². The van der Waals surface area contributed by atoms with Gasteiger partial charge in [0.25, 0.3) is 5.69 Å². The number of benzene rings is 1. The van der Waals surface area contributed by atoms with Gasteiger partial charge >= 0.3 is 0 Å². The van der Waals surface area contributed by atoms with E-state index >= 15 is 0 Å². The fourth-order valence-electron chi connectivity index (χ4n) is 2.18. The van der Waals surface area contributed by atoms with Gasteiger partial charge in [-0.3, -0.25) is 15.0 Å². The van der Waals surface area contributed by atoms with Crippen molar-refractivity contribution in [3.63, 3.8) is 0 Å². The van der Waals surface area contributed by atoms with Gasteiger partial charge < -0.3 is 15.2 Å². The molecule has 0 amide bonds. The molecule has 0 saturated carbocycles. The van der Waals surface area contributed by atoms with Crippen LogP contribution < -0.4 is 10.1 Å². The predicted molar refractivity (Wildman–Crippen MR) is 81.6 cm³/mol. The van der Waals surface area contributed by atoms with E-state index in [0.29, 0.717) is 16.8 Å². The molecule has 1 aliphatic heterocycles. The molecule has 8 heteroatoms. The molecule has 116 valence electrons. The molecule has 0 aromatic heterocycles. The Morgan fingerprint density at radius 1 is 1.48 bits per heavy atom. The molecule has 1 saturated heterocycles. The van der Waals surface area contributed by atoms with E-state index in [-0.39, 0.29) is 12.3 Å². The van der Waals surface area contributed by atoms with E-state index in [1.165, 1.54) is 6.07 Å². The number of nitrogens with zero attached hydrogens (tertiary/aromatic N) is 2. The van der Waals surface area contributed by atoms with Crippen LogP contribution in [0.3, 0.4) is 0 Å². The summed E-state index contributed by atoms with van der Waals surface area (Å²) in [6, 6.07) is 4.59. The van der Waals surface area contributed by atoms with Crippen molar-refractivity contribution in [2.75, 3.05) is 39.3 Å². The molecule has 1 heterocycles. The van der Waals surface area contributed by atoms with Crippen molar-refractivity contribution < 1.29 is 14.8 Å². The summed E-state index contributed by atoms with van der Waals surface area (Å²) in [6.45, 7) is 4.28. The van der Waals surface area contributed by atoms with Crippen LogP contribution in [0, 0.1) is 10.1 Å². The monoisotopic (exact) mass is 359 g/mol. The van der Waals surface area contributed by atoms with E-state index < -0.39 is 11.0 Å². The Morgan fingerprint density at radius 2 is 2.19 bits per heavy atom. The summed E-state index contributed by atoms with van der Waals surface area (Å²) in [5.41, 5.74) is -0.0518. The summed E-state index contributed by atoms with van der Waals surface area (Å²) in [7, 11) is 0. The second-order valence-corrected chi connectivity index (χ2v) is 5.65. The first-order chi connectivity index (χ1) is 10.1. The zero-order chi connectivity index (χ0) is 15.2. The summed E-state index contributed by atoms with van der Waals surface area (Å²) in [4.78, 5) is 12.5. The minimum absolute atomic E-state index is 0.0518. The molecule has 1 unspecified atom stereocenters. The van der Waals surface area contributed by atoms with Gasteiger partial charge in [-0.15, -0.1) is 0 Å². The van der Waals surface area contributed by atoms with Crippen LogP contribution >= 0.6 is 15.9 Å². The van der Waals surface area contributed by atoms with Gasteiger partial charge in [-0.2, -0.15) is 0 Å². The van der Waals surface area contributed by atoms with E-state index in [9.17, 15) is 15.2 Å². The summed E-state index contributed by atoms with van der Waals surface area (Å²) in [5.74, 6) is 0.364. The first-order valence-electron chi connectivity index (χ1n) is 6.75. The molecule has 2 rings (SSSR count). The highest BCUT2D eigenvalue weighted by Crippen LogP contribution is 2.33. The largest absolute Gasteiger partial charge is 0.489 e. The molecule has 1 atom stereocenters. The normalized spacial score (nSPS) is 17.4. The van der Waals surface area contributed by atoms with Gasteiger partial charge in [0.1, 0.15) is 22.9 Å². The van der Waals surface area contributed by atoms with Crippen LogP contribution in [0.15, 0.2) is 22.7 Å². The quantitative estimate of drug-likeness (QED) is 0.581. The zero-order valence-electron chi connectivity index (χ0n) is 11.5. The lowest BCUT2D eigenvalue weighted by Gasteiger charge is -2.29. The number of aliphatic hydroxyl groups is 1. The second-order valence-electron chi connectivity index (χ2n) is 4.86. The predicted octanol–water partition coefficient (Wildman–Crippen LogP) is 1.00. The molecule has 0 bridgehead atoms. The second kappa shape index (κ2) is 7.69. The summed E-state index contributed by atoms with van der Waals surface area (Å²) in [5, 5.41) is 24.1. The molecule has 7 nitrogen and oxygen atoms in total. The first kappa shape index (κ1) is 16.2. The number of hydrogen-bond donors (Lipinski definition) is 2. The third kappa shape index (κ3) is 4.63. The van der Waals surface area contributed by atoms with E-state index in [1.54, 1.807) is 12.1 Å². The van der Waals surface area contributed by atoms with Crippen LogP contribution in [0.2, 0.25) is 0 Å². The molecule has 0 spiro atoms. The molecule has 1 aliphatic rings. The lowest BCUT2D eigenvalue weighted by Crippen LogP contribution is -2.47. The van der Waals surface area contributed by atoms with Crippen LogP contribution in [0.4, 0.5) is 5.69 Å². The van der Waals surface area contributed by atoms with Crippen molar-refractivity contribution >= 4 is 21.6 Å². The summed E-state index contributed by atoms with van der Waals surface area (Å²) >= 11 is 3.16. The van der Waals surface area contributed by atoms with Gasteiger partial charge in [0, 0.05) is 38.8 Å². The first-order valence-corrected chi connectivity index (χ1v) is 7.54. The van der Waals surface area contributed by atoms with Crippen molar-refractivity contribution in [2.45, 2.75) is 6.10 Å². The van der Waals surface area contributed by atoms with Gasteiger partial charge in [-0.05, 0) is 22.0 Å². The minimum atomic E-state index is -0.630. The third-order valence-corrected chi connectivity index (χ3v) is 4.05. The summed E-state index contributed by atoms with van der Waals surface area (Å²) < 4.78 is 5.78. The van der Waals surface area contributed by atoms with Crippen molar-refractivity contribution in [3.8, 4) is 5.75 Å². The number of nitro benzene ring substituents is 1. The van der Waals surface area contributed by atoms with E-state index in [4.69, 9.17) is 4.74 Å². The molecule has 0 radical (unpaired) electrons. The third-order valence-electron chi connectivity index (χ3n) is 3.25. The Bertz CT molecular complexity index is 494. The molecular weight excluding hydrogens is 342 g/mol. The van der Waals surface area contributed by atoms with E-state index in [2.05, 4.69) is 26.1 Å². The van der Waals surface area contributed by atoms with Gasteiger partial charge in [0.2, 0.25) is 0 Å². The van der Waals surface area contributed by atoms with Crippen molar-refractivity contribution in [1.29, 1.82) is 0 Å². The number of rotatable bonds is 6. The molecule has 1 fully saturated rings. The minimum Gasteiger partial charge on any atom is -0.489 e. The SMILES string of the molecule is O=[N+]([O-])c1cccc(OCC(O)CN2CCNCC2)c1Br. The fraction of sp³-hybridized carbons (Fsp3) is 0.538. The Balaban J connectivity index is 1.87. The van der Waals surface area contributed by atoms with Gasteiger partial charge in [0.15, 0.2) is 0 Å². The highest BCUT2D eigenvalue weighted by Gasteiger charge is 2.18. The maximum atomic E-state index is 10.8. The Kier molecular flexibility index (Phi) is 5.92. The van der Waals surface area contributed by atoms with Crippen molar-refractivity contribution in [3.05, 3.63) is 32.8 Å². The highest BCUT2D eigenvalue weighted by atomic mass is 79.9. The van der Waals surface area contributed by atoms with Crippen molar-refractivity contribution in [1.82, 2.24) is 10.2 Å². The number of halogens is 1. The number of nitro groups is 1. The lowest BCUT2D eigenvalue weighted by molar-refractivity contribution is -0.385. The number of hydrogen-bond acceptors (Lipinski definition) is 6. The van der Waals surface area contributed by atoms with Gasteiger partial charge in [0.05, 0.1) is 4.92 Å². The zero-order valence-corrected chi connectivity index (χ0v) is 13.1. The Labute approximate surface area is 131 Å². The fourth-order valence-corrected chi connectivity index (χ4v) is 2.71.